The lowest BCUT2D eigenvalue weighted by Crippen LogP contribution is -2.23. The second kappa shape index (κ2) is 5.57. The Labute approximate surface area is 104 Å². The van der Waals surface area contributed by atoms with Crippen molar-refractivity contribution in [2.24, 2.45) is 0 Å². The van der Waals surface area contributed by atoms with Crippen molar-refractivity contribution in [3.63, 3.8) is 0 Å². The van der Waals surface area contributed by atoms with E-state index in [0.717, 1.165) is 5.56 Å². The molecule has 0 aliphatic heterocycles. The first-order valence-corrected chi connectivity index (χ1v) is 10.5. The number of nitrogens with zero attached hydrogens (tertiary/aromatic N) is 1. The summed E-state index contributed by atoms with van der Waals surface area (Å²) in [5.41, 5.74) is 2.65. The van der Waals surface area contributed by atoms with Crippen LogP contribution in [0.15, 0.2) is 35.6 Å². The molecule has 1 N–H and O–H groups in total. The van der Waals surface area contributed by atoms with Gasteiger partial charge in [0.05, 0.1) is 8.07 Å². The molecule has 0 spiro atoms. The fraction of sp³-hybridized carbons (Fsp3) is 0.364. The van der Waals surface area contributed by atoms with E-state index in [9.17, 15) is 8.42 Å². The summed E-state index contributed by atoms with van der Waals surface area (Å²) in [6, 6.07) is 3.61. The van der Waals surface area contributed by atoms with Gasteiger partial charge in [-0.15, -0.1) is 0 Å². The molecule has 94 valence electrons. The lowest BCUT2D eigenvalue weighted by atomic mass is 10.3. The van der Waals surface area contributed by atoms with Gasteiger partial charge in [-0.25, -0.2) is 13.1 Å². The predicted octanol–water partition coefficient (Wildman–Crippen LogP) is 1.89. The molecule has 0 aliphatic rings. The van der Waals surface area contributed by atoms with Crippen LogP contribution < -0.4 is 4.72 Å². The molecule has 17 heavy (non-hydrogen) atoms. The quantitative estimate of drug-likeness (QED) is 0.831. The van der Waals surface area contributed by atoms with Gasteiger partial charge in [0.15, 0.2) is 0 Å². The normalized spacial score (nSPS) is 13.1. The van der Waals surface area contributed by atoms with Gasteiger partial charge in [-0.1, -0.05) is 31.4 Å². The molecular formula is C11H18N2O2SSi. The van der Waals surface area contributed by atoms with Gasteiger partial charge in [0, 0.05) is 24.3 Å². The summed E-state index contributed by atoms with van der Waals surface area (Å²) in [6.07, 6.45) is 3.30. The zero-order valence-corrected chi connectivity index (χ0v) is 12.2. The van der Waals surface area contributed by atoms with Crippen LogP contribution in [0.1, 0.15) is 5.56 Å². The van der Waals surface area contributed by atoms with Crippen molar-refractivity contribution in [1.82, 2.24) is 9.71 Å². The van der Waals surface area contributed by atoms with Gasteiger partial charge in [0.1, 0.15) is 0 Å². The molecule has 0 bridgehead atoms. The summed E-state index contributed by atoms with van der Waals surface area (Å²) >= 11 is 0. The van der Waals surface area contributed by atoms with Crippen LogP contribution in [0.5, 0.6) is 0 Å². The molecule has 1 aromatic heterocycles. The standard InChI is InChI=1S/C11H18N2O2SSi/c1-17(2,3)8-7-16(14,15)13-10-11-5-4-6-12-9-11/h4-9,13H,10H2,1-3H3. The summed E-state index contributed by atoms with van der Waals surface area (Å²) in [4.78, 5) is 3.92. The van der Waals surface area contributed by atoms with Gasteiger partial charge in [0.2, 0.25) is 10.0 Å². The van der Waals surface area contributed by atoms with E-state index in [4.69, 9.17) is 0 Å². The zero-order valence-electron chi connectivity index (χ0n) is 10.3. The van der Waals surface area contributed by atoms with Gasteiger partial charge in [0.25, 0.3) is 0 Å². The van der Waals surface area contributed by atoms with E-state index in [1.165, 1.54) is 5.41 Å². The third kappa shape index (κ3) is 6.35. The summed E-state index contributed by atoms with van der Waals surface area (Å²) in [5, 5.41) is 1.27. The van der Waals surface area contributed by atoms with Crippen LogP contribution in [0.4, 0.5) is 0 Å². The van der Waals surface area contributed by atoms with Crippen molar-refractivity contribution < 1.29 is 8.42 Å². The number of aromatic nitrogens is 1. The third-order valence-corrected chi connectivity index (χ3v) is 4.40. The van der Waals surface area contributed by atoms with Crippen molar-refractivity contribution in [1.29, 1.82) is 0 Å². The summed E-state index contributed by atoms with van der Waals surface area (Å²) in [7, 11) is -4.82. The van der Waals surface area contributed by atoms with Crippen LogP contribution in [-0.4, -0.2) is 21.5 Å². The average molecular weight is 270 g/mol. The topological polar surface area (TPSA) is 59.1 Å². The molecule has 1 aromatic rings. The fourth-order valence-electron chi connectivity index (χ4n) is 1.03. The number of sulfonamides is 1. The predicted molar refractivity (Wildman–Crippen MR) is 72.5 cm³/mol. The molecule has 0 aromatic carbocycles. The van der Waals surface area contributed by atoms with E-state index >= 15 is 0 Å². The lowest BCUT2D eigenvalue weighted by molar-refractivity contribution is 0.590. The second-order valence-electron chi connectivity index (χ2n) is 4.90. The summed E-state index contributed by atoms with van der Waals surface area (Å²) < 4.78 is 25.8. The van der Waals surface area contributed by atoms with E-state index in [2.05, 4.69) is 29.3 Å². The minimum absolute atomic E-state index is 0.270. The largest absolute Gasteiger partial charge is 0.264 e. The monoisotopic (exact) mass is 270 g/mol. The molecule has 6 heteroatoms. The van der Waals surface area contributed by atoms with Crippen molar-refractivity contribution >= 4 is 18.1 Å². The Bertz CT molecular complexity index is 478. The number of rotatable bonds is 5. The maximum Gasteiger partial charge on any atom is 0.233 e. The molecule has 0 fully saturated rings. The minimum Gasteiger partial charge on any atom is -0.264 e. The van der Waals surface area contributed by atoms with E-state index in [-0.39, 0.29) is 6.54 Å². The van der Waals surface area contributed by atoms with Crippen molar-refractivity contribution in [3.05, 3.63) is 41.2 Å². The first-order valence-electron chi connectivity index (χ1n) is 5.36. The summed E-state index contributed by atoms with van der Waals surface area (Å²) in [6.45, 7) is 6.52. The Kier molecular flexibility index (Phi) is 4.61. The molecule has 0 saturated carbocycles. The first kappa shape index (κ1) is 14.1. The number of nitrogens with one attached hydrogen (secondary N) is 1. The van der Waals surface area contributed by atoms with Gasteiger partial charge in [-0.2, -0.15) is 0 Å². The highest BCUT2D eigenvalue weighted by Crippen LogP contribution is 2.04. The number of hydrogen-bond donors (Lipinski definition) is 1. The molecule has 1 heterocycles. The molecule has 0 atom stereocenters. The third-order valence-electron chi connectivity index (χ3n) is 1.95. The molecular weight excluding hydrogens is 252 g/mol. The van der Waals surface area contributed by atoms with Crippen molar-refractivity contribution in [2.75, 3.05) is 0 Å². The lowest BCUT2D eigenvalue weighted by Gasteiger charge is -2.08. The highest BCUT2D eigenvalue weighted by atomic mass is 32.2. The SMILES string of the molecule is C[Si](C)(C)C=CS(=O)(=O)NCc1cccnc1. The Balaban J connectivity index is 2.60. The smallest absolute Gasteiger partial charge is 0.233 e. The number of pyridine rings is 1. The van der Waals surface area contributed by atoms with Gasteiger partial charge in [-0.05, 0) is 11.6 Å². The van der Waals surface area contributed by atoms with Crippen LogP contribution in [0.25, 0.3) is 0 Å². The van der Waals surface area contributed by atoms with Gasteiger partial charge < -0.3 is 0 Å². The van der Waals surface area contributed by atoms with Gasteiger partial charge >= 0.3 is 0 Å². The second-order valence-corrected chi connectivity index (χ2v) is 11.6. The maximum atomic E-state index is 11.7. The summed E-state index contributed by atoms with van der Waals surface area (Å²) in [5.74, 6) is 0. The van der Waals surface area contributed by atoms with Crippen molar-refractivity contribution in [2.45, 2.75) is 26.2 Å². The molecule has 0 aliphatic carbocycles. The van der Waals surface area contributed by atoms with Gasteiger partial charge in [-0.3, -0.25) is 4.98 Å². The Morgan fingerprint density at radius 2 is 2.12 bits per heavy atom. The highest BCUT2D eigenvalue weighted by molar-refractivity contribution is 7.92. The zero-order chi connectivity index (χ0) is 12.9. The maximum absolute atomic E-state index is 11.7. The van der Waals surface area contributed by atoms with E-state index in [1.54, 1.807) is 24.2 Å². The van der Waals surface area contributed by atoms with Crippen LogP contribution in [0.2, 0.25) is 19.6 Å². The van der Waals surface area contributed by atoms with E-state index in [1.807, 2.05) is 6.07 Å². The van der Waals surface area contributed by atoms with Crippen molar-refractivity contribution in [3.8, 4) is 0 Å². The Hall–Kier alpha value is -0.983. The van der Waals surface area contributed by atoms with Crippen LogP contribution in [0.3, 0.4) is 0 Å². The molecule has 0 amide bonds. The van der Waals surface area contributed by atoms with Crippen LogP contribution >= 0.6 is 0 Å². The molecule has 1 rings (SSSR count). The van der Waals surface area contributed by atoms with Crippen LogP contribution in [-0.2, 0) is 16.6 Å². The molecule has 0 unspecified atom stereocenters. The molecule has 0 radical (unpaired) electrons. The molecule has 4 nitrogen and oxygen atoms in total. The molecule has 0 saturated heterocycles. The van der Waals surface area contributed by atoms with E-state index in [0.29, 0.717) is 0 Å². The number of hydrogen-bond acceptors (Lipinski definition) is 3. The van der Waals surface area contributed by atoms with Crippen LogP contribution in [0, 0.1) is 0 Å². The highest BCUT2D eigenvalue weighted by Gasteiger charge is 2.11. The fourth-order valence-corrected chi connectivity index (χ4v) is 3.84. The average Bonchev–Trinajstić information content (AvgIpc) is 2.25. The Morgan fingerprint density at radius 1 is 1.41 bits per heavy atom. The minimum atomic E-state index is -3.34. The Morgan fingerprint density at radius 3 is 2.65 bits per heavy atom. The first-order chi connectivity index (χ1) is 7.79. The van der Waals surface area contributed by atoms with E-state index < -0.39 is 18.1 Å².